The molecule has 17 nitrogen and oxygen atoms in total. The minimum Gasteiger partial charge on any atom is -0.481 e. The van der Waals surface area contributed by atoms with Crippen LogP contribution < -0.4 is 0 Å². The largest absolute Gasteiger partial charge is 0.481 e. The Morgan fingerprint density at radius 1 is 0.931 bits per heavy atom. The van der Waals surface area contributed by atoms with Crippen LogP contribution in [0, 0.1) is 11.8 Å². The Labute approximate surface area is 341 Å². The summed E-state index contributed by atoms with van der Waals surface area (Å²) < 4.78 is 48.3. The molecule has 0 aliphatic carbocycles. The van der Waals surface area contributed by atoms with Crippen molar-refractivity contribution in [3.8, 4) is 0 Å². The summed E-state index contributed by atoms with van der Waals surface area (Å²) in [4.78, 5) is 52.5. The zero-order chi connectivity index (χ0) is 43.5. The number of carboxylic acid groups (broad SMARTS) is 1. The summed E-state index contributed by atoms with van der Waals surface area (Å²) in [5, 5.41) is 44.7. The van der Waals surface area contributed by atoms with Gasteiger partial charge in [0.05, 0.1) is 43.3 Å². The fourth-order valence-electron chi connectivity index (χ4n) is 7.89. The van der Waals surface area contributed by atoms with Crippen LogP contribution in [0.2, 0.25) is 0 Å². The van der Waals surface area contributed by atoms with Gasteiger partial charge in [0, 0.05) is 32.8 Å². The lowest BCUT2D eigenvalue weighted by Crippen LogP contribution is -2.66. The fourth-order valence-corrected chi connectivity index (χ4v) is 7.89. The van der Waals surface area contributed by atoms with Gasteiger partial charge in [-0.3, -0.25) is 19.2 Å². The Kier molecular flexibility index (Phi) is 19.2. The van der Waals surface area contributed by atoms with Crippen LogP contribution in [0.1, 0.15) is 93.4 Å². The van der Waals surface area contributed by atoms with Crippen molar-refractivity contribution in [3.63, 3.8) is 0 Å². The Hall–Kier alpha value is -3.00. The molecule has 2 saturated heterocycles. The molecule has 0 aromatic rings. The van der Waals surface area contributed by atoms with Crippen molar-refractivity contribution in [1.29, 1.82) is 0 Å². The van der Waals surface area contributed by atoms with E-state index in [2.05, 4.69) is 0 Å². The Morgan fingerprint density at radius 3 is 2.17 bits per heavy atom. The number of hydrogen-bond acceptors (Lipinski definition) is 16. The highest BCUT2D eigenvalue weighted by molar-refractivity contribution is 5.73. The van der Waals surface area contributed by atoms with Crippen LogP contribution in [0.4, 0.5) is 0 Å². The standard InChI is InChI=1S/C41H67NO16/c1-11-30(46)55-28-20-32(48)52-23(4)16-14-13-15-17-27(43)22(3)18-26(19-29(44)45)37(38(28)51-10)58-40-35(49)34(42(8)9)36(24(5)54-40)57-33-21-41(7,50)39(25(6)53-33)56-31(47)12-2/h13-15,17,22-28,33-40,43,49-50H,11-12,16,18-21H2,1-10H3,(H,44,45)/b14-13+,17-15+/t22-,23-,24-,25+,26?,27+,28?,33+,34-,35-,36-,37+,38+,39+,40+,41-/m1/s1. The number of aliphatic hydroxyl groups excluding tert-OH is 2. The first-order valence-corrected chi connectivity index (χ1v) is 20.3. The lowest BCUT2D eigenvalue weighted by Gasteiger charge is -2.50. The van der Waals surface area contributed by atoms with Crippen LogP contribution in [0.3, 0.4) is 0 Å². The number of carboxylic acids is 1. The van der Waals surface area contributed by atoms with Crippen LogP contribution in [-0.2, 0) is 57.1 Å². The van der Waals surface area contributed by atoms with Crippen molar-refractivity contribution in [2.75, 3.05) is 21.2 Å². The van der Waals surface area contributed by atoms with Crippen molar-refractivity contribution in [1.82, 2.24) is 4.90 Å². The molecule has 2 fully saturated rings. The SMILES string of the molecule is CCC(=O)OC1CC(=O)O[C@H](C)C/C=C/C=C/[C@H](O)[C@H](C)CC(CC(=O)O)[C@H](O[C@@H]2O[C@H](C)[C@@H](O[C@H]3C[C@@](C)(O)[C@@H](OC(=O)CC)[C@H](C)O3)[C@H](N(C)C)[C@H]2O)[C@H]1OC. The molecule has 0 radical (unpaired) electrons. The number of nitrogens with zero attached hydrogens (tertiary/aromatic N) is 1. The number of ether oxygens (including phenoxy) is 8. The average molecular weight is 830 g/mol. The molecule has 3 heterocycles. The highest BCUT2D eigenvalue weighted by Gasteiger charge is 2.53. The van der Waals surface area contributed by atoms with E-state index in [0.29, 0.717) is 6.42 Å². The average Bonchev–Trinajstić information content (AvgIpc) is 3.13. The number of methoxy groups -OCH3 is 1. The molecule has 0 bridgehead atoms. The molecule has 3 aliphatic heterocycles. The third-order valence-electron chi connectivity index (χ3n) is 10.9. The Morgan fingerprint density at radius 2 is 1.59 bits per heavy atom. The second-order valence-corrected chi connectivity index (χ2v) is 16.1. The normalized spacial score (nSPS) is 40.6. The van der Waals surface area contributed by atoms with Gasteiger partial charge in [-0.1, -0.05) is 45.1 Å². The van der Waals surface area contributed by atoms with Crippen LogP contribution in [0.25, 0.3) is 0 Å². The molecule has 2 unspecified atom stereocenters. The van der Waals surface area contributed by atoms with Crippen LogP contribution in [0.5, 0.6) is 0 Å². The second kappa shape index (κ2) is 22.6. The van der Waals surface area contributed by atoms with E-state index in [-0.39, 0.29) is 25.7 Å². The van der Waals surface area contributed by atoms with Gasteiger partial charge in [0.15, 0.2) is 18.7 Å². The highest BCUT2D eigenvalue weighted by Crippen LogP contribution is 2.38. The third kappa shape index (κ3) is 13.8. The molecule has 0 aromatic carbocycles. The number of hydrogen-bond donors (Lipinski definition) is 4. The van der Waals surface area contributed by atoms with Gasteiger partial charge >= 0.3 is 23.9 Å². The van der Waals surface area contributed by atoms with E-state index in [1.165, 1.54) is 14.0 Å². The number of aliphatic hydroxyl groups is 3. The third-order valence-corrected chi connectivity index (χ3v) is 10.9. The van der Waals surface area contributed by atoms with Gasteiger partial charge in [0.1, 0.15) is 36.1 Å². The molecule has 17 heteroatoms. The topological polar surface area (TPSA) is 226 Å². The van der Waals surface area contributed by atoms with Gasteiger partial charge in [-0.25, -0.2) is 0 Å². The fraction of sp³-hybridized carbons (Fsp3) is 0.805. The van der Waals surface area contributed by atoms with Crippen molar-refractivity contribution in [3.05, 3.63) is 24.3 Å². The monoisotopic (exact) mass is 829 g/mol. The number of rotatable bonds is 12. The number of cyclic esters (lactones) is 1. The van der Waals surface area contributed by atoms with Crippen molar-refractivity contribution in [2.24, 2.45) is 11.8 Å². The van der Waals surface area contributed by atoms with Gasteiger partial charge in [0.2, 0.25) is 0 Å². The van der Waals surface area contributed by atoms with E-state index in [4.69, 9.17) is 37.9 Å². The molecule has 332 valence electrons. The van der Waals surface area contributed by atoms with E-state index < -0.39 is 134 Å². The molecule has 58 heavy (non-hydrogen) atoms. The first-order valence-electron chi connectivity index (χ1n) is 20.3. The molecule has 0 spiro atoms. The molecule has 0 amide bonds. The molecule has 16 atom stereocenters. The van der Waals surface area contributed by atoms with Crippen LogP contribution in [-0.4, -0.2) is 156 Å². The number of esters is 3. The first-order chi connectivity index (χ1) is 27.2. The summed E-state index contributed by atoms with van der Waals surface area (Å²) in [6, 6.07) is -0.831. The lowest BCUT2D eigenvalue weighted by molar-refractivity contribution is -0.344. The van der Waals surface area contributed by atoms with Crippen LogP contribution in [0.15, 0.2) is 24.3 Å². The number of carbonyl (C=O) groups is 4. The van der Waals surface area contributed by atoms with Gasteiger partial charge < -0.3 is 63.2 Å². The minimum absolute atomic E-state index is 0.0415. The predicted molar refractivity (Wildman–Crippen MR) is 207 cm³/mol. The number of carbonyl (C=O) groups excluding carboxylic acids is 3. The van der Waals surface area contributed by atoms with E-state index in [1.54, 1.807) is 84.8 Å². The second-order valence-electron chi connectivity index (χ2n) is 16.1. The maximum Gasteiger partial charge on any atom is 0.309 e. The van der Waals surface area contributed by atoms with Gasteiger partial charge in [-0.15, -0.1) is 0 Å². The summed E-state index contributed by atoms with van der Waals surface area (Å²) >= 11 is 0. The van der Waals surface area contributed by atoms with Crippen molar-refractivity contribution >= 4 is 23.9 Å². The smallest absolute Gasteiger partial charge is 0.309 e. The van der Waals surface area contributed by atoms with Crippen molar-refractivity contribution in [2.45, 2.75) is 179 Å². The highest BCUT2D eigenvalue weighted by atomic mass is 16.7. The van der Waals surface area contributed by atoms with Crippen LogP contribution >= 0.6 is 0 Å². The summed E-state index contributed by atoms with van der Waals surface area (Å²) in [6.07, 6.45) is -6.52. The van der Waals surface area contributed by atoms with E-state index >= 15 is 0 Å². The molecule has 0 saturated carbocycles. The first kappa shape index (κ1) is 49.4. The summed E-state index contributed by atoms with van der Waals surface area (Å²) in [7, 11) is 4.75. The molecular formula is C41H67NO16. The molecule has 4 N–H and O–H groups in total. The predicted octanol–water partition coefficient (Wildman–Crippen LogP) is 2.65. The minimum atomic E-state index is -1.51. The number of likely N-dealkylation sites (N-methyl/N-ethyl adjacent to an activating group) is 1. The van der Waals surface area contributed by atoms with Gasteiger partial charge in [-0.05, 0) is 60.0 Å². The van der Waals surface area contributed by atoms with E-state index in [1.807, 2.05) is 0 Å². The Bertz CT molecular complexity index is 1400. The Balaban J connectivity index is 2.04. The van der Waals surface area contributed by atoms with Gasteiger partial charge in [0.25, 0.3) is 0 Å². The van der Waals surface area contributed by atoms with Crippen molar-refractivity contribution < 1.29 is 77.5 Å². The number of aliphatic carboxylic acids is 1. The van der Waals surface area contributed by atoms with Gasteiger partial charge in [-0.2, -0.15) is 0 Å². The molecule has 0 aromatic heterocycles. The lowest BCUT2D eigenvalue weighted by atomic mass is 9.82. The maximum atomic E-state index is 13.3. The molecule has 3 aliphatic rings. The zero-order valence-corrected chi connectivity index (χ0v) is 35.6. The molecular weight excluding hydrogens is 762 g/mol. The molecule has 3 rings (SSSR count). The summed E-state index contributed by atoms with van der Waals surface area (Å²) in [5.74, 6) is -4.50. The summed E-state index contributed by atoms with van der Waals surface area (Å²) in [6.45, 7) is 11.6. The number of allylic oxidation sites excluding steroid dienone is 2. The zero-order valence-electron chi connectivity index (χ0n) is 35.6. The van der Waals surface area contributed by atoms with E-state index in [0.717, 1.165) is 0 Å². The quantitative estimate of drug-likeness (QED) is 0.164. The maximum absolute atomic E-state index is 13.3. The summed E-state index contributed by atoms with van der Waals surface area (Å²) in [5.41, 5.74) is -1.51. The van der Waals surface area contributed by atoms with E-state index in [9.17, 15) is 39.6 Å².